The van der Waals surface area contributed by atoms with E-state index in [-0.39, 0.29) is 62.8 Å². The van der Waals surface area contributed by atoms with Gasteiger partial charge in [-0.1, -0.05) is 6.58 Å². The van der Waals surface area contributed by atoms with Crippen LogP contribution in [0.1, 0.15) is 49.8 Å². The summed E-state index contributed by atoms with van der Waals surface area (Å²) in [7, 11) is 0. The van der Waals surface area contributed by atoms with Gasteiger partial charge in [0, 0.05) is 30.9 Å². The van der Waals surface area contributed by atoms with Crippen molar-refractivity contribution in [2.75, 3.05) is 6.61 Å². The van der Waals surface area contributed by atoms with Crippen LogP contribution in [0.5, 0.6) is 0 Å². The molecule has 2 aliphatic carbocycles. The smallest absolute Gasteiger partial charge is 0.425 e. The highest BCUT2D eigenvalue weighted by Crippen LogP contribution is 2.40. The first kappa shape index (κ1) is 24.5. The first-order chi connectivity index (χ1) is 14.9. The number of halogens is 6. The maximum absolute atomic E-state index is 12.1. The minimum Gasteiger partial charge on any atom is -0.425 e. The predicted octanol–water partition coefficient (Wildman–Crippen LogP) is 3.50. The number of hydrogen-bond acceptors (Lipinski definition) is 7. The Hall–Kier alpha value is -2.19. The van der Waals surface area contributed by atoms with Crippen molar-refractivity contribution in [2.24, 2.45) is 0 Å². The number of carbonyl (C=O) groups is 1. The molecule has 0 atom stereocenters. The lowest BCUT2D eigenvalue weighted by molar-refractivity contribution is -0.357. The number of allylic oxidation sites excluding steroid dienone is 1. The standard InChI is InChI=1S/C18H21F6N3O5/c1-9(25-14(28)8-29-11-6-13(7-11)32-18(22,23)24)2-3-15-26-27-16(30-15)10-4-12(5-10)31-17(19,20)21/h10-13H,1-8H2,(H,25,28). The van der Waals surface area contributed by atoms with E-state index in [2.05, 4.69) is 31.6 Å². The van der Waals surface area contributed by atoms with Crippen LogP contribution >= 0.6 is 0 Å². The molecule has 1 aromatic rings. The van der Waals surface area contributed by atoms with Crippen LogP contribution in [-0.4, -0.2) is 53.7 Å². The van der Waals surface area contributed by atoms with E-state index in [0.29, 0.717) is 5.70 Å². The topological polar surface area (TPSA) is 95.7 Å². The molecule has 14 heteroatoms. The lowest BCUT2D eigenvalue weighted by Crippen LogP contribution is -2.42. The van der Waals surface area contributed by atoms with Gasteiger partial charge in [-0.05, 0) is 19.3 Å². The van der Waals surface area contributed by atoms with Gasteiger partial charge < -0.3 is 14.5 Å². The molecule has 0 saturated heterocycles. The fourth-order valence-corrected chi connectivity index (χ4v) is 3.27. The minimum absolute atomic E-state index is 0.0529. The number of carbonyl (C=O) groups excluding carboxylic acids is 1. The molecule has 180 valence electrons. The van der Waals surface area contributed by atoms with E-state index in [4.69, 9.17) is 9.15 Å². The first-order valence-electron chi connectivity index (χ1n) is 9.77. The predicted molar refractivity (Wildman–Crippen MR) is 92.7 cm³/mol. The molecule has 3 rings (SSSR count). The molecule has 32 heavy (non-hydrogen) atoms. The fourth-order valence-electron chi connectivity index (χ4n) is 3.27. The van der Waals surface area contributed by atoms with E-state index < -0.39 is 36.9 Å². The molecule has 0 aliphatic heterocycles. The number of amides is 1. The van der Waals surface area contributed by atoms with Gasteiger partial charge in [0.25, 0.3) is 0 Å². The van der Waals surface area contributed by atoms with Crippen LogP contribution in [0.3, 0.4) is 0 Å². The number of nitrogens with one attached hydrogen (secondary N) is 1. The summed E-state index contributed by atoms with van der Waals surface area (Å²) >= 11 is 0. The second-order valence-corrected chi connectivity index (χ2v) is 7.63. The number of alkyl halides is 6. The summed E-state index contributed by atoms with van der Waals surface area (Å²) in [6.45, 7) is 3.35. The van der Waals surface area contributed by atoms with Crippen LogP contribution in [0.2, 0.25) is 0 Å². The number of aromatic nitrogens is 2. The van der Waals surface area contributed by atoms with Crippen molar-refractivity contribution >= 4 is 5.91 Å². The van der Waals surface area contributed by atoms with E-state index in [1.807, 2.05) is 0 Å². The van der Waals surface area contributed by atoms with E-state index in [0.717, 1.165) is 0 Å². The molecule has 0 aromatic carbocycles. The van der Waals surface area contributed by atoms with Gasteiger partial charge in [-0.2, -0.15) is 0 Å². The van der Waals surface area contributed by atoms with Crippen LogP contribution in [0.25, 0.3) is 0 Å². The summed E-state index contributed by atoms with van der Waals surface area (Å²) < 4.78 is 91.0. The van der Waals surface area contributed by atoms with Crippen LogP contribution in [0.4, 0.5) is 26.3 Å². The van der Waals surface area contributed by atoms with Gasteiger partial charge in [-0.25, -0.2) is 0 Å². The molecule has 1 amide bonds. The van der Waals surface area contributed by atoms with E-state index in [9.17, 15) is 31.1 Å². The summed E-state index contributed by atoms with van der Waals surface area (Å²) in [5.74, 6) is -0.321. The van der Waals surface area contributed by atoms with E-state index in [1.165, 1.54) is 0 Å². The summed E-state index contributed by atoms with van der Waals surface area (Å²) in [4.78, 5) is 11.8. The number of rotatable bonds is 10. The van der Waals surface area contributed by atoms with Gasteiger partial charge in [0.1, 0.15) is 6.61 Å². The monoisotopic (exact) mass is 473 g/mol. The zero-order valence-electron chi connectivity index (χ0n) is 16.7. The number of aryl methyl sites for hydroxylation is 1. The Kier molecular flexibility index (Phi) is 7.45. The number of hydrogen-bond donors (Lipinski definition) is 1. The SMILES string of the molecule is C=C(CCc1nnc(C2CC(OC(F)(F)F)C2)o1)NC(=O)COC1CC(OC(F)(F)F)C1. The Morgan fingerprint density at radius 3 is 2.19 bits per heavy atom. The van der Waals surface area contributed by atoms with Gasteiger partial charge in [0.2, 0.25) is 17.7 Å². The molecule has 1 aromatic heterocycles. The molecular formula is C18H21F6N3O5. The quantitative estimate of drug-likeness (QED) is 0.520. The van der Waals surface area contributed by atoms with E-state index >= 15 is 0 Å². The molecule has 0 spiro atoms. The normalized spacial score (nSPS) is 25.7. The third kappa shape index (κ3) is 7.74. The Balaban J connectivity index is 1.28. The van der Waals surface area contributed by atoms with Crippen LogP contribution < -0.4 is 5.32 Å². The van der Waals surface area contributed by atoms with Crippen molar-refractivity contribution in [1.29, 1.82) is 0 Å². The highest BCUT2D eigenvalue weighted by Gasteiger charge is 2.43. The third-order valence-electron chi connectivity index (χ3n) is 4.99. The Morgan fingerprint density at radius 1 is 1.00 bits per heavy atom. The molecule has 2 fully saturated rings. The maximum atomic E-state index is 12.1. The van der Waals surface area contributed by atoms with Gasteiger partial charge in [-0.3, -0.25) is 14.3 Å². The van der Waals surface area contributed by atoms with Crippen LogP contribution in [-0.2, 0) is 25.4 Å². The van der Waals surface area contributed by atoms with Crippen molar-refractivity contribution in [3.05, 3.63) is 24.1 Å². The average molecular weight is 473 g/mol. The number of ether oxygens (including phenoxy) is 3. The van der Waals surface area contributed by atoms with Gasteiger partial charge in [-0.15, -0.1) is 36.5 Å². The first-order valence-corrected chi connectivity index (χ1v) is 9.77. The molecule has 1 heterocycles. The van der Waals surface area contributed by atoms with Crippen LogP contribution in [0.15, 0.2) is 16.7 Å². The highest BCUT2D eigenvalue weighted by atomic mass is 19.4. The fraction of sp³-hybridized carbons (Fsp3) is 0.722. The molecular weight excluding hydrogens is 452 g/mol. The summed E-state index contributed by atoms with van der Waals surface area (Å²) in [5.41, 5.74) is 0.340. The number of nitrogens with zero attached hydrogens (tertiary/aromatic N) is 2. The Morgan fingerprint density at radius 2 is 1.59 bits per heavy atom. The molecule has 0 radical (unpaired) electrons. The Bertz CT molecular complexity index is 800. The highest BCUT2D eigenvalue weighted by molar-refractivity contribution is 5.78. The third-order valence-corrected chi connectivity index (χ3v) is 4.99. The largest absolute Gasteiger partial charge is 0.522 e. The molecule has 0 bridgehead atoms. The van der Waals surface area contributed by atoms with Gasteiger partial charge in [0.15, 0.2) is 0 Å². The molecule has 2 saturated carbocycles. The lowest BCUT2D eigenvalue weighted by Gasteiger charge is -2.34. The Labute approximate surface area is 178 Å². The second-order valence-electron chi connectivity index (χ2n) is 7.63. The molecule has 8 nitrogen and oxygen atoms in total. The summed E-state index contributed by atoms with van der Waals surface area (Å²) in [6, 6.07) is 0. The average Bonchev–Trinajstić information content (AvgIpc) is 3.04. The second kappa shape index (κ2) is 9.75. The van der Waals surface area contributed by atoms with Crippen molar-refractivity contribution in [1.82, 2.24) is 15.5 Å². The lowest BCUT2D eigenvalue weighted by atomic mass is 9.82. The van der Waals surface area contributed by atoms with Crippen molar-refractivity contribution in [3.63, 3.8) is 0 Å². The molecule has 2 aliphatic rings. The molecule has 1 N–H and O–H groups in total. The maximum Gasteiger partial charge on any atom is 0.522 e. The zero-order valence-corrected chi connectivity index (χ0v) is 16.7. The van der Waals surface area contributed by atoms with E-state index in [1.54, 1.807) is 0 Å². The van der Waals surface area contributed by atoms with Crippen molar-refractivity contribution < 1.29 is 49.8 Å². The molecule has 0 unspecified atom stereocenters. The zero-order chi connectivity index (χ0) is 23.5. The van der Waals surface area contributed by atoms with Crippen molar-refractivity contribution in [3.8, 4) is 0 Å². The van der Waals surface area contributed by atoms with Gasteiger partial charge >= 0.3 is 12.7 Å². The summed E-state index contributed by atoms with van der Waals surface area (Å²) in [5, 5.41) is 10.2. The van der Waals surface area contributed by atoms with Crippen LogP contribution in [0, 0.1) is 0 Å². The minimum atomic E-state index is -4.69. The summed E-state index contributed by atoms with van der Waals surface area (Å²) in [6.07, 6.45) is -10.8. The van der Waals surface area contributed by atoms with Gasteiger partial charge in [0.05, 0.1) is 18.3 Å². The van der Waals surface area contributed by atoms with Crippen molar-refractivity contribution in [2.45, 2.75) is 75.5 Å².